The molecule has 1 heterocycles. The van der Waals surface area contributed by atoms with Crippen LogP contribution in [0.15, 0.2) is 24.3 Å². The molecule has 1 fully saturated rings. The third kappa shape index (κ3) is 5.93. The minimum Gasteiger partial charge on any atom is -0.465 e. The van der Waals surface area contributed by atoms with Crippen LogP contribution in [0.4, 0.5) is 0 Å². The Kier molecular flexibility index (Phi) is 6.56. The van der Waals surface area contributed by atoms with Gasteiger partial charge in [0.05, 0.1) is 18.4 Å². The third-order valence-electron chi connectivity index (χ3n) is 3.98. The summed E-state index contributed by atoms with van der Waals surface area (Å²) in [5, 5.41) is 3.32. The second-order valence-corrected chi connectivity index (χ2v) is 7.65. The average Bonchev–Trinajstić information content (AvgIpc) is 2.54. The van der Waals surface area contributed by atoms with Crippen molar-refractivity contribution in [1.82, 2.24) is 10.0 Å². The Morgan fingerprint density at radius 1 is 1.43 bits per heavy atom. The summed E-state index contributed by atoms with van der Waals surface area (Å²) in [5.41, 5.74) is 0.924. The van der Waals surface area contributed by atoms with Gasteiger partial charge in [-0.25, -0.2) is 17.9 Å². The lowest BCUT2D eigenvalue weighted by molar-refractivity contribution is 0.0600. The quantitative estimate of drug-likeness (QED) is 0.731. The highest BCUT2D eigenvalue weighted by Crippen LogP contribution is 2.14. The molecule has 1 aliphatic heterocycles. The molecule has 0 radical (unpaired) electrons. The Hall–Kier alpha value is -1.44. The lowest BCUT2D eigenvalue weighted by Gasteiger charge is -2.22. The predicted octanol–water partition coefficient (Wildman–Crippen LogP) is 1.28. The van der Waals surface area contributed by atoms with Crippen LogP contribution in [0.3, 0.4) is 0 Å². The molecule has 1 aromatic rings. The molecule has 0 saturated carbocycles. The van der Waals surface area contributed by atoms with E-state index >= 15 is 0 Å². The molecule has 0 bridgehead atoms. The van der Waals surface area contributed by atoms with Crippen molar-refractivity contribution in [3.05, 3.63) is 35.4 Å². The molecule has 1 saturated heterocycles. The van der Waals surface area contributed by atoms with Crippen molar-refractivity contribution in [3.8, 4) is 0 Å². The number of piperidine rings is 1. The first kappa shape index (κ1) is 17.9. The van der Waals surface area contributed by atoms with E-state index in [2.05, 4.69) is 14.8 Å². The molecule has 1 aliphatic rings. The maximum Gasteiger partial charge on any atom is 0.337 e. The molecule has 1 unspecified atom stereocenters. The number of carbonyl (C=O) groups is 1. The van der Waals surface area contributed by atoms with Gasteiger partial charge in [-0.15, -0.1) is 0 Å². The van der Waals surface area contributed by atoms with Crippen LogP contribution in [0.25, 0.3) is 0 Å². The molecular weight excluding hydrogens is 316 g/mol. The van der Waals surface area contributed by atoms with Gasteiger partial charge in [0, 0.05) is 6.54 Å². The van der Waals surface area contributed by atoms with Crippen molar-refractivity contribution in [3.63, 3.8) is 0 Å². The Bertz CT molecular complexity index is 625. The van der Waals surface area contributed by atoms with Gasteiger partial charge >= 0.3 is 5.97 Å². The van der Waals surface area contributed by atoms with E-state index in [1.165, 1.54) is 7.11 Å². The summed E-state index contributed by atoms with van der Waals surface area (Å²) >= 11 is 0. The first-order valence-electron chi connectivity index (χ1n) is 7.85. The van der Waals surface area contributed by atoms with Crippen molar-refractivity contribution < 1.29 is 17.9 Å². The number of ether oxygens (including phenoxy) is 1. The number of rotatable bonds is 7. The Morgan fingerprint density at radius 3 is 2.96 bits per heavy atom. The minimum atomic E-state index is -3.41. The Morgan fingerprint density at radius 2 is 2.26 bits per heavy atom. The molecular formula is C16H24N2O4S. The van der Waals surface area contributed by atoms with Crippen molar-refractivity contribution in [2.24, 2.45) is 5.92 Å². The molecule has 2 rings (SSSR count). The summed E-state index contributed by atoms with van der Waals surface area (Å²) in [6.45, 7) is 2.47. The van der Waals surface area contributed by atoms with Crippen LogP contribution < -0.4 is 10.0 Å². The van der Waals surface area contributed by atoms with Gasteiger partial charge in [-0.05, 0) is 56.0 Å². The standard InChI is InChI=1S/C16H24N2O4S/c1-22-16(19)15-6-2-4-14(10-15)12-23(20,21)18-9-7-13-5-3-8-17-11-13/h2,4,6,10,13,17-18H,3,5,7-9,11-12H2,1H3. The minimum absolute atomic E-state index is 0.138. The smallest absolute Gasteiger partial charge is 0.337 e. The van der Waals surface area contributed by atoms with Crippen molar-refractivity contribution in [2.45, 2.75) is 25.0 Å². The number of nitrogens with one attached hydrogen (secondary N) is 2. The zero-order valence-corrected chi connectivity index (χ0v) is 14.2. The zero-order valence-electron chi connectivity index (χ0n) is 13.4. The molecule has 23 heavy (non-hydrogen) atoms. The number of hydrogen-bond acceptors (Lipinski definition) is 5. The third-order valence-corrected chi connectivity index (χ3v) is 5.34. The molecule has 2 N–H and O–H groups in total. The van der Waals surface area contributed by atoms with E-state index in [1.54, 1.807) is 24.3 Å². The average molecular weight is 340 g/mol. The van der Waals surface area contributed by atoms with Crippen LogP contribution in [0.1, 0.15) is 35.2 Å². The van der Waals surface area contributed by atoms with Crippen molar-refractivity contribution in [2.75, 3.05) is 26.7 Å². The van der Waals surface area contributed by atoms with Crippen LogP contribution in [0, 0.1) is 5.92 Å². The maximum absolute atomic E-state index is 12.1. The highest BCUT2D eigenvalue weighted by atomic mass is 32.2. The summed E-state index contributed by atoms with van der Waals surface area (Å²) in [6.07, 6.45) is 3.14. The van der Waals surface area contributed by atoms with Gasteiger partial charge in [-0.3, -0.25) is 0 Å². The highest BCUT2D eigenvalue weighted by Gasteiger charge is 2.16. The summed E-state index contributed by atoms with van der Waals surface area (Å²) in [6, 6.07) is 6.50. The fourth-order valence-electron chi connectivity index (χ4n) is 2.77. The van der Waals surface area contributed by atoms with Crippen LogP contribution >= 0.6 is 0 Å². The first-order chi connectivity index (χ1) is 11.0. The van der Waals surface area contributed by atoms with Gasteiger partial charge in [0.25, 0.3) is 0 Å². The lowest BCUT2D eigenvalue weighted by atomic mass is 9.96. The number of esters is 1. The number of carbonyl (C=O) groups excluding carboxylic acids is 1. The van der Waals surface area contributed by atoms with E-state index in [1.807, 2.05) is 0 Å². The highest BCUT2D eigenvalue weighted by molar-refractivity contribution is 7.88. The molecule has 0 spiro atoms. The largest absolute Gasteiger partial charge is 0.465 e. The summed E-state index contributed by atoms with van der Waals surface area (Å²) in [4.78, 5) is 11.5. The molecule has 1 aromatic carbocycles. The summed E-state index contributed by atoms with van der Waals surface area (Å²) in [7, 11) is -2.11. The van der Waals surface area contributed by atoms with Crippen LogP contribution in [0.5, 0.6) is 0 Å². The monoisotopic (exact) mass is 340 g/mol. The predicted molar refractivity (Wildman–Crippen MR) is 88.6 cm³/mol. The van der Waals surface area contributed by atoms with Crippen molar-refractivity contribution >= 4 is 16.0 Å². The SMILES string of the molecule is COC(=O)c1cccc(CS(=O)(=O)NCCC2CCCNC2)c1. The van der Waals surface area contributed by atoms with Gasteiger partial charge in [-0.1, -0.05) is 12.1 Å². The first-order valence-corrected chi connectivity index (χ1v) is 9.51. The fraction of sp³-hybridized carbons (Fsp3) is 0.562. The second kappa shape index (κ2) is 8.42. The Labute approximate surface area is 137 Å². The number of hydrogen-bond donors (Lipinski definition) is 2. The van der Waals surface area contributed by atoms with E-state index < -0.39 is 16.0 Å². The summed E-state index contributed by atoms with van der Waals surface area (Å²) in [5.74, 6) is -0.0723. The van der Waals surface area contributed by atoms with E-state index in [0.717, 1.165) is 32.4 Å². The zero-order chi connectivity index (χ0) is 16.7. The van der Waals surface area contributed by atoms with E-state index in [4.69, 9.17) is 0 Å². The normalized spacial score (nSPS) is 18.6. The van der Waals surface area contributed by atoms with Gasteiger partial charge in [0.1, 0.15) is 0 Å². The van der Waals surface area contributed by atoms with Crippen molar-refractivity contribution in [1.29, 1.82) is 0 Å². The number of sulfonamides is 1. The number of methoxy groups -OCH3 is 1. The van der Waals surface area contributed by atoms with E-state index in [0.29, 0.717) is 23.6 Å². The van der Waals surface area contributed by atoms with Crippen LogP contribution in [-0.2, 0) is 20.5 Å². The lowest BCUT2D eigenvalue weighted by Crippen LogP contribution is -2.33. The van der Waals surface area contributed by atoms with Gasteiger partial charge in [-0.2, -0.15) is 0 Å². The molecule has 7 heteroatoms. The van der Waals surface area contributed by atoms with Crippen LogP contribution in [-0.4, -0.2) is 41.1 Å². The molecule has 128 valence electrons. The summed E-state index contributed by atoms with van der Waals surface area (Å²) < 4.78 is 31.6. The maximum atomic E-state index is 12.1. The fourth-order valence-corrected chi connectivity index (χ4v) is 3.91. The van der Waals surface area contributed by atoms with E-state index in [9.17, 15) is 13.2 Å². The Balaban J connectivity index is 1.86. The second-order valence-electron chi connectivity index (χ2n) is 5.85. The van der Waals surface area contributed by atoms with Gasteiger partial charge in [0.15, 0.2) is 0 Å². The van der Waals surface area contributed by atoms with Gasteiger partial charge < -0.3 is 10.1 Å². The molecule has 1 atom stereocenters. The molecule has 0 aromatic heterocycles. The number of benzene rings is 1. The molecule has 0 aliphatic carbocycles. The topological polar surface area (TPSA) is 84.5 Å². The van der Waals surface area contributed by atoms with E-state index in [-0.39, 0.29) is 5.75 Å². The molecule has 0 amide bonds. The van der Waals surface area contributed by atoms with Crippen LogP contribution in [0.2, 0.25) is 0 Å². The molecule has 6 nitrogen and oxygen atoms in total. The van der Waals surface area contributed by atoms with Gasteiger partial charge in [0.2, 0.25) is 10.0 Å².